The lowest BCUT2D eigenvalue weighted by molar-refractivity contribution is -0.139. The predicted octanol–water partition coefficient (Wildman–Crippen LogP) is 2.66. The van der Waals surface area contributed by atoms with E-state index in [-0.39, 0.29) is 6.61 Å². The zero-order valence-electron chi connectivity index (χ0n) is 9.06. The highest BCUT2D eigenvalue weighted by Crippen LogP contribution is 2.28. The first-order valence-electron chi connectivity index (χ1n) is 5.08. The third kappa shape index (κ3) is 3.27. The van der Waals surface area contributed by atoms with E-state index in [1.807, 2.05) is 24.3 Å². The Morgan fingerprint density at radius 3 is 2.73 bits per heavy atom. The van der Waals surface area contributed by atoms with Gasteiger partial charge in [-0.25, -0.2) is 4.79 Å². The minimum Gasteiger partial charge on any atom is -0.482 e. The summed E-state index contributed by atoms with van der Waals surface area (Å²) in [6, 6.07) is 7.58. The average molecular weight is 208 g/mol. The van der Waals surface area contributed by atoms with Crippen molar-refractivity contribution < 1.29 is 14.6 Å². The molecule has 15 heavy (non-hydrogen) atoms. The fraction of sp³-hybridized carbons (Fsp3) is 0.417. The first-order valence-corrected chi connectivity index (χ1v) is 5.08. The van der Waals surface area contributed by atoms with Crippen molar-refractivity contribution in [1.29, 1.82) is 0 Å². The van der Waals surface area contributed by atoms with Crippen molar-refractivity contribution >= 4 is 5.97 Å². The lowest BCUT2D eigenvalue weighted by Gasteiger charge is -2.14. The lowest BCUT2D eigenvalue weighted by Crippen LogP contribution is -2.11. The standard InChI is InChI=1S/C12H16O3/c1-3-9(2)10-6-4-5-7-11(10)15-8-12(13)14/h4-7,9H,3,8H2,1-2H3,(H,13,14)/t9-/m1/s1. The van der Waals surface area contributed by atoms with Gasteiger partial charge in [0.05, 0.1) is 0 Å². The molecule has 0 bridgehead atoms. The Labute approximate surface area is 89.7 Å². The fourth-order valence-electron chi connectivity index (χ4n) is 1.38. The van der Waals surface area contributed by atoms with Crippen LogP contribution >= 0.6 is 0 Å². The molecule has 1 rings (SSSR count). The summed E-state index contributed by atoms with van der Waals surface area (Å²) in [6.07, 6.45) is 1.01. The number of carboxylic acid groups (broad SMARTS) is 1. The van der Waals surface area contributed by atoms with E-state index in [9.17, 15) is 4.79 Å². The number of carbonyl (C=O) groups is 1. The van der Waals surface area contributed by atoms with Gasteiger partial charge in [0.15, 0.2) is 6.61 Å². The summed E-state index contributed by atoms with van der Waals surface area (Å²) in [6.45, 7) is 3.91. The van der Waals surface area contributed by atoms with Crippen molar-refractivity contribution in [3.8, 4) is 5.75 Å². The van der Waals surface area contributed by atoms with Crippen molar-refractivity contribution in [1.82, 2.24) is 0 Å². The second kappa shape index (κ2) is 5.39. The van der Waals surface area contributed by atoms with Crippen molar-refractivity contribution in [2.24, 2.45) is 0 Å². The average Bonchev–Trinajstić information content (AvgIpc) is 2.25. The van der Waals surface area contributed by atoms with Crippen LogP contribution < -0.4 is 4.74 Å². The molecule has 1 aromatic carbocycles. The molecule has 0 saturated carbocycles. The van der Waals surface area contributed by atoms with E-state index >= 15 is 0 Å². The molecule has 0 aliphatic carbocycles. The number of hydrogen-bond acceptors (Lipinski definition) is 2. The second-order valence-corrected chi connectivity index (χ2v) is 3.53. The van der Waals surface area contributed by atoms with E-state index in [1.165, 1.54) is 0 Å². The van der Waals surface area contributed by atoms with E-state index < -0.39 is 5.97 Å². The minimum absolute atomic E-state index is 0.284. The Morgan fingerprint density at radius 2 is 2.13 bits per heavy atom. The second-order valence-electron chi connectivity index (χ2n) is 3.53. The van der Waals surface area contributed by atoms with Gasteiger partial charge in [0, 0.05) is 0 Å². The minimum atomic E-state index is -0.950. The van der Waals surface area contributed by atoms with Crippen LogP contribution in [0.2, 0.25) is 0 Å². The van der Waals surface area contributed by atoms with Gasteiger partial charge in [0.2, 0.25) is 0 Å². The third-order valence-electron chi connectivity index (χ3n) is 2.41. The molecular formula is C12H16O3. The number of para-hydroxylation sites is 1. The van der Waals surface area contributed by atoms with Gasteiger partial charge < -0.3 is 9.84 Å². The predicted molar refractivity (Wildman–Crippen MR) is 58.3 cm³/mol. The molecular weight excluding hydrogens is 192 g/mol. The Bertz CT molecular complexity index is 333. The normalized spacial score (nSPS) is 12.1. The van der Waals surface area contributed by atoms with Crippen LogP contribution in [-0.2, 0) is 4.79 Å². The Morgan fingerprint density at radius 1 is 1.47 bits per heavy atom. The van der Waals surface area contributed by atoms with E-state index in [0.29, 0.717) is 11.7 Å². The molecule has 1 atom stereocenters. The first kappa shape index (κ1) is 11.6. The highest BCUT2D eigenvalue weighted by atomic mass is 16.5. The largest absolute Gasteiger partial charge is 0.482 e. The molecule has 0 radical (unpaired) electrons. The summed E-state index contributed by atoms with van der Waals surface area (Å²) in [4.78, 5) is 10.4. The molecule has 0 aliphatic rings. The van der Waals surface area contributed by atoms with Crippen molar-refractivity contribution in [3.63, 3.8) is 0 Å². The Balaban J connectivity index is 2.81. The monoisotopic (exact) mass is 208 g/mol. The molecule has 0 spiro atoms. The zero-order chi connectivity index (χ0) is 11.3. The number of rotatable bonds is 5. The van der Waals surface area contributed by atoms with Crippen molar-refractivity contribution in [2.45, 2.75) is 26.2 Å². The third-order valence-corrected chi connectivity index (χ3v) is 2.41. The number of ether oxygens (including phenoxy) is 1. The molecule has 1 aromatic rings. The fourth-order valence-corrected chi connectivity index (χ4v) is 1.38. The van der Waals surface area contributed by atoms with Gasteiger partial charge in [-0.2, -0.15) is 0 Å². The van der Waals surface area contributed by atoms with Gasteiger partial charge >= 0.3 is 5.97 Å². The van der Waals surface area contributed by atoms with Crippen LogP contribution in [0.3, 0.4) is 0 Å². The molecule has 0 heterocycles. The van der Waals surface area contributed by atoms with Gasteiger partial charge in [0.1, 0.15) is 5.75 Å². The maximum Gasteiger partial charge on any atom is 0.341 e. The highest BCUT2D eigenvalue weighted by molar-refractivity contribution is 5.68. The smallest absolute Gasteiger partial charge is 0.341 e. The van der Waals surface area contributed by atoms with Crippen molar-refractivity contribution in [3.05, 3.63) is 29.8 Å². The summed E-state index contributed by atoms with van der Waals surface area (Å²) in [5.41, 5.74) is 1.07. The topological polar surface area (TPSA) is 46.5 Å². The Kier molecular flexibility index (Phi) is 4.16. The van der Waals surface area contributed by atoms with Crippen LogP contribution in [-0.4, -0.2) is 17.7 Å². The van der Waals surface area contributed by atoms with Gasteiger partial charge in [-0.05, 0) is 24.0 Å². The summed E-state index contributed by atoms with van der Waals surface area (Å²) < 4.78 is 5.22. The van der Waals surface area contributed by atoms with Gasteiger partial charge in [0.25, 0.3) is 0 Å². The Hall–Kier alpha value is -1.51. The number of benzene rings is 1. The van der Waals surface area contributed by atoms with E-state index in [0.717, 1.165) is 12.0 Å². The van der Waals surface area contributed by atoms with Crippen molar-refractivity contribution in [2.75, 3.05) is 6.61 Å². The molecule has 1 N–H and O–H groups in total. The summed E-state index contributed by atoms with van der Waals surface area (Å²) >= 11 is 0. The zero-order valence-corrected chi connectivity index (χ0v) is 9.06. The molecule has 3 nitrogen and oxygen atoms in total. The van der Waals surface area contributed by atoms with E-state index in [2.05, 4.69) is 13.8 Å². The molecule has 0 fully saturated rings. The van der Waals surface area contributed by atoms with Crippen LogP contribution in [0, 0.1) is 0 Å². The van der Waals surface area contributed by atoms with E-state index in [4.69, 9.17) is 9.84 Å². The maximum atomic E-state index is 10.4. The summed E-state index contributed by atoms with van der Waals surface area (Å²) in [7, 11) is 0. The molecule has 0 unspecified atom stereocenters. The van der Waals surface area contributed by atoms with Crippen LogP contribution in [0.4, 0.5) is 0 Å². The lowest BCUT2D eigenvalue weighted by atomic mass is 9.98. The van der Waals surface area contributed by atoms with Crippen LogP contribution in [0.5, 0.6) is 5.75 Å². The van der Waals surface area contributed by atoms with Crippen LogP contribution in [0.15, 0.2) is 24.3 Å². The quantitative estimate of drug-likeness (QED) is 0.809. The number of hydrogen-bond donors (Lipinski definition) is 1. The molecule has 0 amide bonds. The molecule has 82 valence electrons. The van der Waals surface area contributed by atoms with Crippen LogP contribution in [0.25, 0.3) is 0 Å². The van der Waals surface area contributed by atoms with Gasteiger partial charge in [-0.15, -0.1) is 0 Å². The molecule has 0 saturated heterocycles. The highest BCUT2D eigenvalue weighted by Gasteiger charge is 2.10. The number of aliphatic carboxylic acids is 1. The number of carboxylic acids is 1. The van der Waals surface area contributed by atoms with E-state index in [1.54, 1.807) is 0 Å². The van der Waals surface area contributed by atoms with Crippen LogP contribution in [0.1, 0.15) is 31.7 Å². The molecule has 3 heteroatoms. The van der Waals surface area contributed by atoms with Gasteiger partial charge in [-0.3, -0.25) is 0 Å². The van der Waals surface area contributed by atoms with Gasteiger partial charge in [-0.1, -0.05) is 32.0 Å². The summed E-state index contributed by atoms with van der Waals surface area (Å²) in [5.74, 6) is 0.109. The summed E-state index contributed by atoms with van der Waals surface area (Å²) in [5, 5.41) is 8.54. The SMILES string of the molecule is CC[C@@H](C)c1ccccc1OCC(=O)O. The first-order chi connectivity index (χ1) is 7.15. The maximum absolute atomic E-state index is 10.4. The molecule has 0 aliphatic heterocycles. The molecule has 0 aromatic heterocycles.